The molecule has 8 nitrogen and oxygen atoms in total. The van der Waals surface area contributed by atoms with E-state index >= 15 is 0 Å². The van der Waals surface area contributed by atoms with Gasteiger partial charge in [-0.2, -0.15) is 0 Å². The third-order valence-electron chi connectivity index (χ3n) is 4.81. The highest BCUT2D eigenvalue weighted by Gasteiger charge is 2.31. The van der Waals surface area contributed by atoms with Crippen molar-refractivity contribution in [2.75, 3.05) is 18.5 Å². The number of nitrogens with one attached hydrogen (secondary N) is 3. The summed E-state index contributed by atoms with van der Waals surface area (Å²) in [5.74, 6) is -0.117. The van der Waals surface area contributed by atoms with E-state index in [0.717, 1.165) is 5.56 Å². The maximum Gasteiger partial charge on any atom is 0.255 e. The van der Waals surface area contributed by atoms with Gasteiger partial charge >= 0.3 is 0 Å². The molecule has 2 aromatic rings. The molecule has 3 rings (SSSR count). The number of anilines is 1. The molecule has 1 unspecified atom stereocenters. The zero-order chi connectivity index (χ0) is 24.1. The molecular weight excluding hydrogens is 508 g/mol. The highest BCUT2D eigenvalue weighted by atomic mass is 79.9. The lowest BCUT2D eigenvalue weighted by Crippen LogP contribution is -2.45. The Bertz CT molecular complexity index is 1140. The van der Waals surface area contributed by atoms with E-state index in [-0.39, 0.29) is 12.5 Å². The van der Waals surface area contributed by atoms with Crippen molar-refractivity contribution in [2.45, 2.75) is 26.8 Å². The molecule has 0 saturated heterocycles. The molecule has 0 aliphatic carbocycles. The van der Waals surface area contributed by atoms with E-state index in [9.17, 15) is 9.59 Å². The lowest BCUT2D eigenvalue weighted by Gasteiger charge is -2.31. The number of benzene rings is 2. The summed E-state index contributed by atoms with van der Waals surface area (Å²) >= 11 is 8.84. The SMILES string of the molecule is CCOc1cc(C2NC(=S)NC(C)=C2C(=O)Nc2cccc(C)c2)cc(Br)c1OCC(N)=O. The van der Waals surface area contributed by atoms with Gasteiger partial charge in [0.1, 0.15) is 0 Å². The Labute approximate surface area is 206 Å². The number of hydrogen-bond donors (Lipinski definition) is 4. The zero-order valence-corrected chi connectivity index (χ0v) is 20.9. The van der Waals surface area contributed by atoms with Crippen LogP contribution in [0, 0.1) is 6.92 Å². The van der Waals surface area contributed by atoms with Crippen LogP contribution in [0.15, 0.2) is 52.1 Å². The third-order valence-corrected chi connectivity index (χ3v) is 5.62. The van der Waals surface area contributed by atoms with Crippen molar-refractivity contribution in [2.24, 2.45) is 5.73 Å². The Balaban J connectivity index is 2.01. The fourth-order valence-corrected chi connectivity index (χ4v) is 4.31. The molecule has 1 aliphatic rings. The largest absolute Gasteiger partial charge is 0.490 e. The number of allylic oxidation sites excluding steroid dienone is 1. The van der Waals surface area contributed by atoms with Crippen LogP contribution >= 0.6 is 28.1 Å². The number of nitrogens with two attached hydrogens (primary N) is 1. The van der Waals surface area contributed by atoms with Crippen LogP contribution in [-0.2, 0) is 9.59 Å². The predicted molar refractivity (Wildman–Crippen MR) is 134 cm³/mol. The van der Waals surface area contributed by atoms with Gasteiger partial charge in [-0.3, -0.25) is 9.59 Å². The molecule has 2 amide bonds. The molecule has 174 valence electrons. The Morgan fingerprint density at radius 3 is 2.64 bits per heavy atom. The standard InChI is InChI=1S/C23H25BrN4O4S/c1-4-31-17-10-14(9-16(24)21(17)32-11-18(25)29)20-19(13(3)26-23(33)28-20)22(30)27-15-7-5-6-12(2)8-15/h5-10,20H,4,11H2,1-3H3,(H2,25,29)(H,27,30)(H2,26,28,33). The number of carbonyl (C=O) groups excluding carboxylic acids is 2. The molecule has 0 radical (unpaired) electrons. The van der Waals surface area contributed by atoms with Gasteiger partial charge in [0, 0.05) is 11.4 Å². The molecule has 0 saturated carbocycles. The maximum atomic E-state index is 13.3. The highest BCUT2D eigenvalue weighted by molar-refractivity contribution is 9.10. The number of rotatable bonds is 8. The highest BCUT2D eigenvalue weighted by Crippen LogP contribution is 2.40. The van der Waals surface area contributed by atoms with E-state index in [0.29, 0.717) is 50.2 Å². The normalized spacial score (nSPS) is 15.4. The van der Waals surface area contributed by atoms with Gasteiger partial charge in [0.05, 0.1) is 22.7 Å². The molecule has 0 fully saturated rings. The number of carbonyl (C=O) groups is 2. The van der Waals surface area contributed by atoms with Crippen LogP contribution < -0.4 is 31.2 Å². The summed E-state index contributed by atoms with van der Waals surface area (Å²) in [4.78, 5) is 24.5. The molecule has 0 aromatic heterocycles. The number of thiocarbonyl (C=S) groups is 1. The van der Waals surface area contributed by atoms with Gasteiger partial charge in [-0.15, -0.1) is 0 Å². The average Bonchev–Trinajstić information content (AvgIpc) is 2.72. The van der Waals surface area contributed by atoms with Gasteiger partial charge < -0.3 is 31.2 Å². The van der Waals surface area contributed by atoms with E-state index in [4.69, 9.17) is 27.4 Å². The molecular formula is C23H25BrN4O4S. The second-order valence-corrected chi connectivity index (χ2v) is 8.67. The Hall–Kier alpha value is -3.11. The van der Waals surface area contributed by atoms with Crippen LogP contribution in [0.4, 0.5) is 5.69 Å². The minimum Gasteiger partial charge on any atom is -0.490 e. The second kappa shape index (κ2) is 10.7. The van der Waals surface area contributed by atoms with Crippen molar-refractivity contribution in [3.8, 4) is 11.5 Å². The summed E-state index contributed by atoms with van der Waals surface area (Å²) in [7, 11) is 0. The summed E-state index contributed by atoms with van der Waals surface area (Å²) in [5, 5.41) is 9.55. The molecule has 33 heavy (non-hydrogen) atoms. The van der Waals surface area contributed by atoms with E-state index in [1.165, 1.54) is 0 Å². The first-order valence-corrected chi connectivity index (χ1v) is 11.4. The van der Waals surface area contributed by atoms with Crippen LogP contribution in [-0.4, -0.2) is 30.1 Å². The smallest absolute Gasteiger partial charge is 0.255 e. The van der Waals surface area contributed by atoms with E-state index < -0.39 is 11.9 Å². The fraction of sp³-hybridized carbons (Fsp3) is 0.261. The molecule has 0 spiro atoms. The Morgan fingerprint density at radius 1 is 1.21 bits per heavy atom. The quantitative estimate of drug-likeness (QED) is 0.385. The molecule has 10 heteroatoms. The number of hydrogen-bond acceptors (Lipinski definition) is 5. The average molecular weight is 533 g/mol. The first-order valence-electron chi connectivity index (χ1n) is 10.2. The van der Waals surface area contributed by atoms with E-state index in [1.807, 2.05) is 38.1 Å². The first kappa shape index (κ1) is 24.5. The van der Waals surface area contributed by atoms with Gasteiger partial charge in [0.15, 0.2) is 23.2 Å². The number of amides is 2. The lowest BCUT2D eigenvalue weighted by molar-refractivity contribution is -0.120. The third kappa shape index (κ3) is 6.02. The summed E-state index contributed by atoms with van der Waals surface area (Å²) in [6, 6.07) is 10.6. The van der Waals surface area contributed by atoms with Gasteiger partial charge in [-0.1, -0.05) is 12.1 Å². The molecule has 2 aromatic carbocycles. The Morgan fingerprint density at radius 2 is 1.97 bits per heavy atom. The van der Waals surface area contributed by atoms with Gasteiger partial charge in [-0.25, -0.2) is 0 Å². The van der Waals surface area contributed by atoms with Crippen molar-refractivity contribution >= 4 is 50.8 Å². The number of primary amides is 1. The zero-order valence-electron chi connectivity index (χ0n) is 18.5. The number of ether oxygens (including phenoxy) is 2. The number of aryl methyl sites for hydroxylation is 1. The number of halogens is 1. The van der Waals surface area contributed by atoms with Crippen LogP contribution in [0.5, 0.6) is 11.5 Å². The molecule has 1 heterocycles. The van der Waals surface area contributed by atoms with Crippen LogP contribution in [0.3, 0.4) is 0 Å². The lowest BCUT2D eigenvalue weighted by atomic mass is 9.94. The summed E-state index contributed by atoms with van der Waals surface area (Å²) in [5.41, 5.74) is 8.77. The van der Waals surface area contributed by atoms with Crippen LogP contribution in [0.2, 0.25) is 0 Å². The summed E-state index contributed by atoms with van der Waals surface area (Å²) < 4.78 is 11.8. The molecule has 5 N–H and O–H groups in total. The predicted octanol–water partition coefficient (Wildman–Crippen LogP) is 3.45. The fourth-order valence-electron chi connectivity index (χ4n) is 3.47. The topological polar surface area (TPSA) is 115 Å². The summed E-state index contributed by atoms with van der Waals surface area (Å²) in [6.45, 7) is 5.67. The van der Waals surface area contributed by atoms with Crippen LogP contribution in [0.1, 0.15) is 31.0 Å². The maximum absolute atomic E-state index is 13.3. The minimum atomic E-state index is -0.604. The molecule has 0 bridgehead atoms. The monoisotopic (exact) mass is 532 g/mol. The van der Waals surface area contributed by atoms with E-state index in [2.05, 4.69) is 31.9 Å². The first-order chi connectivity index (χ1) is 15.7. The van der Waals surface area contributed by atoms with Gasteiger partial charge in [0.25, 0.3) is 11.8 Å². The molecule has 1 atom stereocenters. The minimum absolute atomic E-state index is 0.270. The van der Waals surface area contributed by atoms with Crippen molar-refractivity contribution in [1.82, 2.24) is 10.6 Å². The van der Waals surface area contributed by atoms with Crippen molar-refractivity contribution < 1.29 is 19.1 Å². The van der Waals surface area contributed by atoms with Crippen molar-refractivity contribution in [1.29, 1.82) is 0 Å². The van der Waals surface area contributed by atoms with E-state index in [1.54, 1.807) is 19.1 Å². The summed E-state index contributed by atoms with van der Waals surface area (Å²) in [6.07, 6.45) is 0. The van der Waals surface area contributed by atoms with Crippen LogP contribution in [0.25, 0.3) is 0 Å². The van der Waals surface area contributed by atoms with Crippen molar-refractivity contribution in [3.63, 3.8) is 0 Å². The van der Waals surface area contributed by atoms with Gasteiger partial charge in [-0.05, 0) is 84.3 Å². The molecule has 1 aliphatic heterocycles. The second-order valence-electron chi connectivity index (χ2n) is 7.41. The van der Waals surface area contributed by atoms with Crippen molar-refractivity contribution in [3.05, 3.63) is 63.3 Å². The Kier molecular flexibility index (Phi) is 7.93. The van der Waals surface area contributed by atoms with Gasteiger partial charge in [0.2, 0.25) is 0 Å².